The lowest BCUT2D eigenvalue weighted by Crippen LogP contribution is -2.58. The average Bonchev–Trinajstić information content (AvgIpc) is 3.17. The Bertz CT molecular complexity index is 362. The van der Waals surface area contributed by atoms with E-state index < -0.39 is 6.10 Å². The van der Waals surface area contributed by atoms with Crippen LogP contribution >= 0.6 is 0 Å². The molecular formula is C20H38N2O3. The molecule has 2 aliphatic heterocycles. The van der Waals surface area contributed by atoms with Gasteiger partial charge in [-0.2, -0.15) is 0 Å². The fourth-order valence-corrected chi connectivity index (χ4v) is 4.82. The van der Waals surface area contributed by atoms with Crippen molar-refractivity contribution in [3.05, 3.63) is 0 Å². The summed E-state index contributed by atoms with van der Waals surface area (Å²) in [7, 11) is 0. The second-order valence-corrected chi connectivity index (χ2v) is 8.29. The molecule has 0 aromatic heterocycles. The van der Waals surface area contributed by atoms with Crippen LogP contribution in [0.25, 0.3) is 0 Å². The topological polar surface area (TPSA) is 54.0 Å². The highest BCUT2D eigenvalue weighted by Crippen LogP contribution is 2.35. The summed E-state index contributed by atoms with van der Waals surface area (Å²) in [6.45, 7) is 6.04. The Hall–Kier alpha value is -0.200. The van der Waals surface area contributed by atoms with Crippen LogP contribution in [0.5, 0.6) is 0 Å². The van der Waals surface area contributed by atoms with Crippen molar-refractivity contribution in [2.75, 3.05) is 46.0 Å². The van der Waals surface area contributed by atoms with Crippen LogP contribution in [-0.4, -0.2) is 73.8 Å². The normalized spacial score (nSPS) is 28.9. The number of nitrogens with one attached hydrogen (secondary N) is 1. The molecule has 2 heterocycles. The van der Waals surface area contributed by atoms with Crippen molar-refractivity contribution < 1.29 is 14.6 Å². The summed E-state index contributed by atoms with van der Waals surface area (Å²) in [5.74, 6) is 0. The zero-order chi connectivity index (χ0) is 17.4. The van der Waals surface area contributed by atoms with Gasteiger partial charge in [-0.25, -0.2) is 0 Å². The second kappa shape index (κ2) is 10.2. The first-order chi connectivity index (χ1) is 12.3. The van der Waals surface area contributed by atoms with Gasteiger partial charge in [0.2, 0.25) is 0 Å². The number of hydrogen-bond acceptors (Lipinski definition) is 5. The van der Waals surface area contributed by atoms with E-state index in [9.17, 15) is 5.11 Å². The Kier molecular flexibility index (Phi) is 7.99. The van der Waals surface area contributed by atoms with Crippen molar-refractivity contribution >= 4 is 0 Å². The predicted molar refractivity (Wildman–Crippen MR) is 99.9 cm³/mol. The van der Waals surface area contributed by atoms with Crippen LogP contribution in [0.3, 0.4) is 0 Å². The molecular weight excluding hydrogens is 316 g/mol. The first kappa shape index (κ1) is 19.6. The third-order valence-corrected chi connectivity index (χ3v) is 6.28. The third-order valence-electron chi connectivity index (χ3n) is 6.28. The predicted octanol–water partition coefficient (Wildman–Crippen LogP) is 2.32. The van der Waals surface area contributed by atoms with E-state index in [2.05, 4.69) is 10.2 Å². The molecule has 5 heteroatoms. The molecule has 2 saturated heterocycles. The lowest BCUT2D eigenvalue weighted by molar-refractivity contribution is -0.0186. The van der Waals surface area contributed by atoms with Crippen LogP contribution in [0.15, 0.2) is 0 Å². The molecule has 5 nitrogen and oxygen atoms in total. The van der Waals surface area contributed by atoms with E-state index in [0.29, 0.717) is 25.3 Å². The molecule has 2 N–H and O–H groups in total. The van der Waals surface area contributed by atoms with E-state index in [1.54, 1.807) is 0 Å². The summed E-state index contributed by atoms with van der Waals surface area (Å²) < 4.78 is 11.2. The second-order valence-electron chi connectivity index (χ2n) is 8.29. The number of ether oxygens (including phenoxy) is 2. The van der Waals surface area contributed by atoms with Crippen molar-refractivity contribution in [2.45, 2.75) is 82.0 Å². The van der Waals surface area contributed by atoms with Crippen LogP contribution < -0.4 is 5.32 Å². The smallest absolute Gasteiger partial charge is 0.0897 e. The van der Waals surface area contributed by atoms with Crippen LogP contribution in [0.4, 0.5) is 0 Å². The maximum Gasteiger partial charge on any atom is 0.0897 e. The third kappa shape index (κ3) is 5.90. The van der Waals surface area contributed by atoms with Gasteiger partial charge in [0, 0.05) is 25.2 Å². The SMILES string of the molecule is O[C@H](CNCC1(N2CCCCC2)CCCCC1)COC[C@@H]1CCCO1. The van der Waals surface area contributed by atoms with Crippen molar-refractivity contribution in [1.82, 2.24) is 10.2 Å². The lowest BCUT2D eigenvalue weighted by atomic mass is 9.79. The largest absolute Gasteiger partial charge is 0.389 e. The van der Waals surface area contributed by atoms with E-state index in [1.807, 2.05) is 0 Å². The molecule has 146 valence electrons. The van der Waals surface area contributed by atoms with Gasteiger partial charge >= 0.3 is 0 Å². The highest BCUT2D eigenvalue weighted by atomic mass is 16.5. The molecule has 3 rings (SSSR count). The molecule has 3 fully saturated rings. The number of aliphatic hydroxyl groups excluding tert-OH is 1. The van der Waals surface area contributed by atoms with E-state index in [4.69, 9.17) is 9.47 Å². The maximum absolute atomic E-state index is 10.2. The minimum absolute atomic E-state index is 0.241. The van der Waals surface area contributed by atoms with Crippen LogP contribution in [0, 0.1) is 0 Å². The number of likely N-dealkylation sites (tertiary alicyclic amines) is 1. The van der Waals surface area contributed by atoms with Gasteiger partial charge in [-0.05, 0) is 51.6 Å². The van der Waals surface area contributed by atoms with Gasteiger partial charge in [-0.15, -0.1) is 0 Å². The van der Waals surface area contributed by atoms with E-state index in [1.165, 1.54) is 64.5 Å². The maximum atomic E-state index is 10.2. The van der Waals surface area contributed by atoms with E-state index >= 15 is 0 Å². The van der Waals surface area contributed by atoms with E-state index in [-0.39, 0.29) is 6.10 Å². The Morgan fingerprint density at radius 3 is 2.56 bits per heavy atom. The van der Waals surface area contributed by atoms with Crippen LogP contribution in [0.2, 0.25) is 0 Å². The molecule has 0 aromatic carbocycles. The summed E-state index contributed by atoms with van der Waals surface area (Å²) in [6.07, 6.45) is 12.8. The summed E-state index contributed by atoms with van der Waals surface area (Å²) in [5, 5.41) is 13.8. The fraction of sp³-hybridized carbons (Fsp3) is 1.00. The molecule has 3 aliphatic rings. The Balaban J connectivity index is 1.36. The minimum Gasteiger partial charge on any atom is -0.389 e. The van der Waals surface area contributed by atoms with Crippen molar-refractivity contribution in [3.8, 4) is 0 Å². The zero-order valence-corrected chi connectivity index (χ0v) is 15.9. The monoisotopic (exact) mass is 354 g/mol. The molecule has 25 heavy (non-hydrogen) atoms. The van der Waals surface area contributed by atoms with Gasteiger partial charge in [0.25, 0.3) is 0 Å². The molecule has 1 aliphatic carbocycles. The first-order valence-corrected chi connectivity index (χ1v) is 10.6. The Morgan fingerprint density at radius 1 is 1.08 bits per heavy atom. The summed E-state index contributed by atoms with van der Waals surface area (Å²) in [6, 6.07) is 0. The highest BCUT2D eigenvalue weighted by Gasteiger charge is 2.37. The Labute approximate surface area is 153 Å². The molecule has 0 aromatic rings. The summed E-state index contributed by atoms with van der Waals surface area (Å²) in [5.41, 5.74) is 0.330. The average molecular weight is 355 g/mol. The number of piperidine rings is 1. The molecule has 1 saturated carbocycles. The zero-order valence-electron chi connectivity index (χ0n) is 15.9. The number of rotatable bonds is 9. The van der Waals surface area contributed by atoms with Gasteiger partial charge < -0.3 is 19.9 Å². The summed E-state index contributed by atoms with van der Waals surface area (Å²) >= 11 is 0. The highest BCUT2D eigenvalue weighted by molar-refractivity contribution is 4.96. The fourth-order valence-electron chi connectivity index (χ4n) is 4.82. The van der Waals surface area contributed by atoms with Crippen LogP contribution in [-0.2, 0) is 9.47 Å². The number of nitrogens with zero attached hydrogens (tertiary/aromatic N) is 1. The Morgan fingerprint density at radius 2 is 1.84 bits per heavy atom. The summed E-state index contributed by atoms with van der Waals surface area (Å²) in [4.78, 5) is 2.75. The van der Waals surface area contributed by atoms with Gasteiger partial charge in [-0.3, -0.25) is 4.90 Å². The van der Waals surface area contributed by atoms with Crippen LogP contribution in [0.1, 0.15) is 64.2 Å². The first-order valence-electron chi connectivity index (χ1n) is 10.6. The standard InChI is InChI=1S/C20H38N2O3/c23-18(15-24-16-19-8-7-13-25-19)14-21-17-20(9-3-1-4-10-20)22-11-5-2-6-12-22/h18-19,21,23H,1-17H2/t18-,19+/m1/s1. The quantitative estimate of drug-likeness (QED) is 0.665. The van der Waals surface area contributed by atoms with E-state index in [0.717, 1.165) is 26.0 Å². The lowest BCUT2D eigenvalue weighted by Gasteiger charge is -2.48. The number of hydrogen-bond donors (Lipinski definition) is 2. The molecule has 0 unspecified atom stereocenters. The van der Waals surface area contributed by atoms with Crippen molar-refractivity contribution in [1.29, 1.82) is 0 Å². The van der Waals surface area contributed by atoms with Crippen molar-refractivity contribution in [3.63, 3.8) is 0 Å². The van der Waals surface area contributed by atoms with Gasteiger partial charge in [0.05, 0.1) is 25.4 Å². The molecule has 0 spiro atoms. The molecule has 0 radical (unpaired) electrons. The molecule has 0 amide bonds. The van der Waals surface area contributed by atoms with Gasteiger partial charge in [0.1, 0.15) is 0 Å². The van der Waals surface area contributed by atoms with Crippen molar-refractivity contribution in [2.24, 2.45) is 0 Å². The van der Waals surface area contributed by atoms with Gasteiger partial charge in [0.15, 0.2) is 0 Å². The molecule has 0 bridgehead atoms. The molecule has 2 atom stereocenters. The number of aliphatic hydroxyl groups is 1. The minimum atomic E-state index is -0.427. The van der Waals surface area contributed by atoms with Gasteiger partial charge in [-0.1, -0.05) is 25.7 Å².